The first kappa shape index (κ1) is 14.3. The number of aliphatic hydroxyl groups excluding tert-OH is 1. The van der Waals surface area contributed by atoms with Crippen LogP contribution in [-0.2, 0) is 4.79 Å². The van der Waals surface area contributed by atoms with Crippen LogP contribution in [-0.4, -0.2) is 28.4 Å². The summed E-state index contributed by atoms with van der Waals surface area (Å²) in [6.07, 6.45) is 0.619. The highest BCUT2D eigenvalue weighted by Crippen LogP contribution is 2.14. The molecule has 1 aromatic carbocycles. The van der Waals surface area contributed by atoms with Gasteiger partial charge >= 0.3 is 5.97 Å². The Morgan fingerprint density at radius 2 is 2.00 bits per heavy atom. The average molecular weight is 250 g/mol. The number of carbonyl (C=O) groups is 1. The Bertz CT molecular complexity index is 411. The molecule has 0 amide bonds. The summed E-state index contributed by atoms with van der Waals surface area (Å²) in [6, 6.07) is 9.20. The van der Waals surface area contributed by atoms with Gasteiger partial charge in [0.2, 0.25) is 0 Å². The number of hydrogen-bond donors (Lipinski definition) is 2. The minimum atomic E-state index is -0.973. The molecule has 0 bridgehead atoms. The number of para-hydroxylation sites is 1. The molecule has 0 aromatic heterocycles. The highest BCUT2D eigenvalue weighted by atomic mass is 16.5. The zero-order valence-corrected chi connectivity index (χ0v) is 10.5. The number of carboxylic acids is 1. The van der Waals surface area contributed by atoms with Gasteiger partial charge < -0.3 is 14.9 Å². The number of rotatable bonds is 6. The number of hydrogen-bond acceptors (Lipinski definition) is 3. The first-order chi connectivity index (χ1) is 8.50. The van der Waals surface area contributed by atoms with E-state index in [2.05, 4.69) is 0 Å². The lowest BCUT2D eigenvalue weighted by Gasteiger charge is -2.19. The van der Waals surface area contributed by atoms with Crippen molar-refractivity contribution in [1.82, 2.24) is 0 Å². The monoisotopic (exact) mass is 250 g/mol. The molecule has 0 spiro atoms. The van der Waals surface area contributed by atoms with Crippen LogP contribution in [0.4, 0.5) is 0 Å². The topological polar surface area (TPSA) is 66.8 Å². The van der Waals surface area contributed by atoms with Gasteiger partial charge in [0, 0.05) is 5.57 Å². The zero-order chi connectivity index (χ0) is 13.5. The quantitative estimate of drug-likeness (QED) is 0.760. The van der Waals surface area contributed by atoms with Gasteiger partial charge in [-0.2, -0.15) is 0 Å². The summed E-state index contributed by atoms with van der Waals surface area (Å²) in [4.78, 5) is 10.6. The minimum absolute atomic E-state index is 0.223. The summed E-state index contributed by atoms with van der Waals surface area (Å²) in [6.45, 7) is 3.25. The lowest BCUT2D eigenvalue weighted by Crippen LogP contribution is -2.28. The second kappa shape index (κ2) is 6.81. The van der Waals surface area contributed by atoms with E-state index in [0.29, 0.717) is 5.75 Å². The van der Waals surface area contributed by atoms with Crippen LogP contribution < -0.4 is 4.74 Å². The average Bonchev–Trinajstić information content (AvgIpc) is 2.36. The highest BCUT2D eigenvalue weighted by Gasteiger charge is 2.15. The van der Waals surface area contributed by atoms with E-state index < -0.39 is 18.2 Å². The summed E-state index contributed by atoms with van der Waals surface area (Å²) < 4.78 is 5.54. The molecule has 4 heteroatoms. The molecule has 1 aromatic rings. The Balaban J connectivity index is 2.49. The zero-order valence-electron chi connectivity index (χ0n) is 10.5. The first-order valence-corrected chi connectivity index (χ1v) is 5.80. The Kier molecular flexibility index (Phi) is 5.39. The summed E-state index contributed by atoms with van der Waals surface area (Å²) in [7, 11) is 0. The molecule has 0 aliphatic carbocycles. The van der Waals surface area contributed by atoms with Gasteiger partial charge in [-0.3, -0.25) is 0 Å². The van der Waals surface area contributed by atoms with E-state index in [1.807, 2.05) is 30.3 Å². The Labute approximate surface area is 107 Å². The molecule has 4 nitrogen and oxygen atoms in total. The molecule has 1 rings (SSSR count). The van der Waals surface area contributed by atoms with Gasteiger partial charge in [0.25, 0.3) is 0 Å². The van der Waals surface area contributed by atoms with E-state index in [1.165, 1.54) is 13.0 Å². The molecule has 98 valence electrons. The van der Waals surface area contributed by atoms with E-state index in [9.17, 15) is 9.90 Å². The molecule has 2 unspecified atom stereocenters. The minimum Gasteiger partial charge on any atom is -0.488 e. The maximum absolute atomic E-state index is 10.6. The van der Waals surface area contributed by atoms with Crippen molar-refractivity contribution in [2.45, 2.75) is 32.5 Å². The number of benzene rings is 1. The van der Waals surface area contributed by atoms with Crippen molar-refractivity contribution in [1.29, 1.82) is 0 Å². The third kappa shape index (κ3) is 4.59. The number of aliphatic hydroxyl groups is 1. The summed E-state index contributed by atoms with van der Waals surface area (Å²) >= 11 is 0. The SMILES string of the molecule is CC(=CCC(O)C(C)Oc1ccccc1)C(=O)O. The lowest BCUT2D eigenvalue weighted by atomic mass is 10.1. The molecule has 0 saturated carbocycles. The van der Waals surface area contributed by atoms with Crippen LogP contribution in [0.5, 0.6) is 5.75 Å². The molecule has 2 atom stereocenters. The van der Waals surface area contributed by atoms with Crippen LogP contribution in [0.1, 0.15) is 20.3 Å². The van der Waals surface area contributed by atoms with Crippen LogP contribution >= 0.6 is 0 Å². The third-order valence-corrected chi connectivity index (χ3v) is 2.61. The molecule has 0 saturated heterocycles. The van der Waals surface area contributed by atoms with Crippen LogP contribution in [0.25, 0.3) is 0 Å². The highest BCUT2D eigenvalue weighted by molar-refractivity contribution is 5.85. The van der Waals surface area contributed by atoms with E-state index in [0.717, 1.165) is 0 Å². The predicted molar refractivity (Wildman–Crippen MR) is 68.5 cm³/mol. The van der Waals surface area contributed by atoms with Gasteiger partial charge in [0.15, 0.2) is 0 Å². The van der Waals surface area contributed by atoms with E-state index >= 15 is 0 Å². The smallest absolute Gasteiger partial charge is 0.330 e. The largest absolute Gasteiger partial charge is 0.488 e. The fourth-order valence-electron chi connectivity index (χ4n) is 1.37. The number of carboxylic acid groups (broad SMARTS) is 1. The first-order valence-electron chi connectivity index (χ1n) is 5.80. The van der Waals surface area contributed by atoms with Gasteiger partial charge in [0.1, 0.15) is 11.9 Å². The van der Waals surface area contributed by atoms with Gasteiger partial charge in [0.05, 0.1) is 6.10 Å². The lowest BCUT2D eigenvalue weighted by molar-refractivity contribution is -0.132. The van der Waals surface area contributed by atoms with Crippen LogP contribution in [0.15, 0.2) is 42.0 Å². The van der Waals surface area contributed by atoms with Gasteiger partial charge in [-0.05, 0) is 32.4 Å². The van der Waals surface area contributed by atoms with Crippen LogP contribution in [0.3, 0.4) is 0 Å². The summed E-state index contributed by atoms with van der Waals surface area (Å²) in [5.74, 6) is -0.290. The predicted octanol–water partition coefficient (Wildman–Crippen LogP) is 2.24. The fourth-order valence-corrected chi connectivity index (χ4v) is 1.37. The van der Waals surface area contributed by atoms with Gasteiger partial charge in [-0.25, -0.2) is 4.79 Å². The van der Waals surface area contributed by atoms with Crippen molar-refractivity contribution in [2.24, 2.45) is 0 Å². The summed E-state index contributed by atoms with van der Waals surface area (Å²) in [5.41, 5.74) is 0.223. The molecule has 0 fully saturated rings. The molecule has 0 heterocycles. The van der Waals surface area contributed by atoms with Gasteiger partial charge in [-0.15, -0.1) is 0 Å². The molecule has 18 heavy (non-hydrogen) atoms. The molecule has 0 aliphatic rings. The van der Waals surface area contributed by atoms with Crippen molar-refractivity contribution < 1.29 is 19.7 Å². The van der Waals surface area contributed by atoms with E-state index in [4.69, 9.17) is 9.84 Å². The maximum Gasteiger partial charge on any atom is 0.330 e. The standard InChI is InChI=1S/C14H18O4/c1-10(14(16)17)8-9-13(15)11(2)18-12-6-4-3-5-7-12/h3-8,11,13,15H,9H2,1-2H3,(H,16,17). The van der Waals surface area contributed by atoms with Crippen molar-refractivity contribution in [3.8, 4) is 5.75 Å². The van der Waals surface area contributed by atoms with Crippen molar-refractivity contribution in [3.05, 3.63) is 42.0 Å². The Hall–Kier alpha value is -1.81. The second-order valence-electron chi connectivity index (χ2n) is 4.13. The molecule has 0 radical (unpaired) electrons. The van der Waals surface area contributed by atoms with Crippen LogP contribution in [0.2, 0.25) is 0 Å². The van der Waals surface area contributed by atoms with Crippen LogP contribution in [0, 0.1) is 0 Å². The molecular formula is C14H18O4. The van der Waals surface area contributed by atoms with Crippen molar-refractivity contribution >= 4 is 5.97 Å². The fraction of sp³-hybridized carbons (Fsp3) is 0.357. The third-order valence-electron chi connectivity index (χ3n) is 2.61. The number of ether oxygens (including phenoxy) is 1. The Morgan fingerprint density at radius 3 is 2.56 bits per heavy atom. The maximum atomic E-state index is 10.6. The van der Waals surface area contributed by atoms with Crippen molar-refractivity contribution in [3.63, 3.8) is 0 Å². The van der Waals surface area contributed by atoms with Crippen molar-refractivity contribution in [2.75, 3.05) is 0 Å². The Morgan fingerprint density at radius 1 is 1.39 bits per heavy atom. The molecule has 0 aliphatic heterocycles. The molecule has 2 N–H and O–H groups in total. The number of aliphatic carboxylic acids is 1. The van der Waals surface area contributed by atoms with Gasteiger partial charge in [-0.1, -0.05) is 24.3 Å². The summed E-state index contributed by atoms with van der Waals surface area (Å²) in [5, 5.41) is 18.5. The second-order valence-corrected chi connectivity index (χ2v) is 4.13. The van der Waals surface area contributed by atoms with E-state index in [1.54, 1.807) is 6.92 Å². The van der Waals surface area contributed by atoms with E-state index in [-0.39, 0.29) is 12.0 Å². The molecular weight excluding hydrogens is 232 g/mol. The normalized spacial score (nSPS) is 14.9.